The van der Waals surface area contributed by atoms with Gasteiger partial charge in [-0.05, 0) is 43.5 Å². The Balaban J connectivity index is 1.55. The standard InChI is InChI=1S/C23H27N3O2/c1-4-19-11-8-12-21(13-19)28-16-23(27)24-14-22-17(2)25-26(18(22)3)15-20-9-6-5-7-10-20/h5-13H,4,14-16H2,1-3H3,(H,24,27). The van der Waals surface area contributed by atoms with Crippen LogP contribution in [0.15, 0.2) is 54.6 Å². The molecule has 0 saturated heterocycles. The molecule has 1 N–H and O–H groups in total. The highest BCUT2D eigenvalue weighted by atomic mass is 16.5. The van der Waals surface area contributed by atoms with E-state index in [1.54, 1.807) is 0 Å². The molecule has 0 aliphatic heterocycles. The number of hydrogen-bond donors (Lipinski definition) is 1. The second-order valence-corrected chi connectivity index (χ2v) is 6.86. The maximum absolute atomic E-state index is 12.2. The summed E-state index contributed by atoms with van der Waals surface area (Å²) < 4.78 is 7.60. The lowest BCUT2D eigenvalue weighted by Crippen LogP contribution is -2.28. The summed E-state index contributed by atoms with van der Waals surface area (Å²) in [6.45, 7) is 7.28. The zero-order chi connectivity index (χ0) is 19.9. The first-order valence-corrected chi connectivity index (χ1v) is 9.62. The first kappa shape index (κ1) is 19.7. The van der Waals surface area contributed by atoms with Crippen molar-refractivity contribution in [1.82, 2.24) is 15.1 Å². The second kappa shape index (κ2) is 9.22. The number of rotatable bonds is 8. The van der Waals surface area contributed by atoms with Crippen LogP contribution in [0.5, 0.6) is 5.75 Å². The van der Waals surface area contributed by atoms with E-state index in [9.17, 15) is 4.79 Å². The molecule has 146 valence electrons. The van der Waals surface area contributed by atoms with Crippen molar-refractivity contribution >= 4 is 5.91 Å². The van der Waals surface area contributed by atoms with Crippen molar-refractivity contribution in [2.45, 2.75) is 40.3 Å². The Morgan fingerprint density at radius 2 is 1.82 bits per heavy atom. The molecular weight excluding hydrogens is 350 g/mol. The van der Waals surface area contributed by atoms with Gasteiger partial charge >= 0.3 is 0 Å². The lowest BCUT2D eigenvalue weighted by molar-refractivity contribution is -0.123. The first-order chi connectivity index (χ1) is 13.6. The van der Waals surface area contributed by atoms with Crippen LogP contribution in [0.25, 0.3) is 0 Å². The SMILES string of the molecule is CCc1cccc(OCC(=O)NCc2c(C)nn(Cc3ccccc3)c2C)c1. The van der Waals surface area contributed by atoms with Crippen molar-refractivity contribution in [3.63, 3.8) is 0 Å². The molecule has 2 aromatic carbocycles. The minimum Gasteiger partial charge on any atom is -0.484 e. The van der Waals surface area contributed by atoms with Crippen molar-refractivity contribution in [3.8, 4) is 5.75 Å². The third-order valence-corrected chi connectivity index (χ3v) is 4.85. The Labute approximate surface area is 166 Å². The van der Waals surface area contributed by atoms with Crippen LogP contribution in [0.1, 0.15) is 35.0 Å². The summed E-state index contributed by atoms with van der Waals surface area (Å²) in [5, 5.41) is 7.57. The zero-order valence-electron chi connectivity index (χ0n) is 16.7. The van der Waals surface area contributed by atoms with Gasteiger partial charge in [-0.2, -0.15) is 5.10 Å². The fraction of sp³-hybridized carbons (Fsp3) is 0.304. The predicted octanol–water partition coefficient (Wildman–Crippen LogP) is 3.81. The van der Waals surface area contributed by atoms with Crippen molar-refractivity contribution in [1.29, 1.82) is 0 Å². The molecule has 5 nitrogen and oxygen atoms in total. The number of benzene rings is 2. The van der Waals surface area contributed by atoms with Crippen molar-refractivity contribution in [3.05, 3.63) is 82.7 Å². The van der Waals surface area contributed by atoms with E-state index < -0.39 is 0 Å². The number of nitrogens with one attached hydrogen (secondary N) is 1. The zero-order valence-corrected chi connectivity index (χ0v) is 16.7. The summed E-state index contributed by atoms with van der Waals surface area (Å²) in [4.78, 5) is 12.2. The van der Waals surface area contributed by atoms with Gasteiger partial charge in [0.2, 0.25) is 0 Å². The highest BCUT2D eigenvalue weighted by Gasteiger charge is 2.13. The summed E-state index contributed by atoms with van der Waals surface area (Å²) in [5.74, 6) is 0.578. The minimum atomic E-state index is -0.142. The second-order valence-electron chi connectivity index (χ2n) is 6.86. The highest BCUT2D eigenvalue weighted by molar-refractivity contribution is 5.77. The van der Waals surface area contributed by atoms with Crippen LogP contribution in [-0.2, 0) is 24.3 Å². The van der Waals surface area contributed by atoms with Gasteiger partial charge in [-0.25, -0.2) is 0 Å². The minimum absolute atomic E-state index is 0.00339. The van der Waals surface area contributed by atoms with Gasteiger partial charge in [0.1, 0.15) is 5.75 Å². The quantitative estimate of drug-likeness (QED) is 0.649. The fourth-order valence-electron chi connectivity index (χ4n) is 3.14. The van der Waals surface area contributed by atoms with Gasteiger partial charge in [0.25, 0.3) is 5.91 Å². The molecule has 0 aliphatic carbocycles. The third kappa shape index (κ3) is 5.00. The lowest BCUT2D eigenvalue weighted by atomic mass is 10.2. The van der Waals surface area contributed by atoms with Crippen molar-refractivity contribution in [2.24, 2.45) is 0 Å². The van der Waals surface area contributed by atoms with Crippen LogP contribution in [-0.4, -0.2) is 22.3 Å². The molecule has 28 heavy (non-hydrogen) atoms. The largest absolute Gasteiger partial charge is 0.484 e. The molecular formula is C23H27N3O2. The predicted molar refractivity (Wildman–Crippen MR) is 110 cm³/mol. The molecule has 0 unspecified atom stereocenters. The van der Waals surface area contributed by atoms with E-state index >= 15 is 0 Å². The van der Waals surface area contributed by atoms with E-state index in [0.29, 0.717) is 6.54 Å². The summed E-state index contributed by atoms with van der Waals surface area (Å²) in [5.41, 5.74) is 5.45. The molecule has 0 radical (unpaired) electrons. The molecule has 0 spiro atoms. The van der Waals surface area contributed by atoms with Crippen LogP contribution in [0, 0.1) is 13.8 Å². The van der Waals surface area contributed by atoms with Crippen LogP contribution in [0.3, 0.4) is 0 Å². The molecule has 0 saturated carbocycles. The smallest absolute Gasteiger partial charge is 0.258 e. The molecule has 0 atom stereocenters. The first-order valence-electron chi connectivity index (χ1n) is 9.62. The number of aryl methyl sites for hydroxylation is 2. The van der Waals surface area contributed by atoms with E-state index in [-0.39, 0.29) is 12.5 Å². The molecule has 0 aliphatic rings. The monoisotopic (exact) mass is 377 g/mol. The molecule has 3 rings (SSSR count). The Morgan fingerprint density at radius 3 is 2.57 bits per heavy atom. The Kier molecular flexibility index (Phi) is 6.48. The maximum Gasteiger partial charge on any atom is 0.258 e. The summed E-state index contributed by atoms with van der Waals surface area (Å²) in [7, 11) is 0. The van der Waals surface area contributed by atoms with E-state index in [1.165, 1.54) is 11.1 Å². The number of hydrogen-bond acceptors (Lipinski definition) is 3. The molecule has 1 amide bonds. The molecule has 1 heterocycles. The van der Waals surface area contributed by atoms with Gasteiger partial charge in [0, 0.05) is 17.8 Å². The van der Waals surface area contributed by atoms with E-state index in [2.05, 4.69) is 29.5 Å². The highest BCUT2D eigenvalue weighted by Crippen LogP contribution is 2.15. The van der Waals surface area contributed by atoms with Crippen molar-refractivity contribution in [2.75, 3.05) is 6.61 Å². The Morgan fingerprint density at radius 1 is 1.07 bits per heavy atom. The van der Waals surface area contributed by atoms with Gasteiger partial charge in [-0.3, -0.25) is 9.48 Å². The molecule has 5 heteroatoms. The lowest BCUT2D eigenvalue weighted by Gasteiger charge is -2.09. The summed E-state index contributed by atoms with van der Waals surface area (Å²) in [6, 6.07) is 18.1. The fourth-order valence-corrected chi connectivity index (χ4v) is 3.14. The van der Waals surface area contributed by atoms with Gasteiger partial charge in [0.15, 0.2) is 6.61 Å². The normalized spacial score (nSPS) is 10.7. The number of ether oxygens (including phenoxy) is 1. The Hall–Kier alpha value is -3.08. The Bertz CT molecular complexity index is 932. The van der Waals surface area contributed by atoms with Gasteiger partial charge < -0.3 is 10.1 Å². The van der Waals surface area contributed by atoms with Gasteiger partial charge in [0.05, 0.1) is 12.2 Å². The van der Waals surface area contributed by atoms with E-state index in [1.807, 2.05) is 61.0 Å². The summed E-state index contributed by atoms with van der Waals surface area (Å²) >= 11 is 0. The van der Waals surface area contributed by atoms with Crippen molar-refractivity contribution < 1.29 is 9.53 Å². The molecule has 1 aromatic heterocycles. The number of aromatic nitrogens is 2. The van der Waals surface area contributed by atoms with Gasteiger partial charge in [-0.15, -0.1) is 0 Å². The van der Waals surface area contributed by atoms with Crippen LogP contribution in [0.4, 0.5) is 0 Å². The number of nitrogens with zero attached hydrogens (tertiary/aromatic N) is 2. The van der Waals surface area contributed by atoms with E-state index in [4.69, 9.17) is 4.74 Å². The van der Waals surface area contributed by atoms with Crippen LogP contribution < -0.4 is 10.1 Å². The summed E-state index contributed by atoms with van der Waals surface area (Å²) in [6.07, 6.45) is 0.939. The third-order valence-electron chi connectivity index (χ3n) is 4.85. The number of amides is 1. The van der Waals surface area contributed by atoms with Crippen LogP contribution in [0.2, 0.25) is 0 Å². The number of carbonyl (C=O) groups is 1. The van der Waals surface area contributed by atoms with Crippen LogP contribution >= 0.6 is 0 Å². The topological polar surface area (TPSA) is 56.1 Å². The molecule has 3 aromatic rings. The average molecular weight is 377 g/mol. The van der Waals surface area contributed by atoms with E-state index in [0.717, 1.165) is 35.7 Å². The number of carbonyl (C=O) groups excluding carboxylic acids is 1. The maximum atomic E-state index is 12.2. The molecule has 0 bridgehead atoms. The molecule has 0 fully saturated rings. The van der Waals surface area contributed by atoms with Gasteiger partial charge in [-0.1, -0.05) is 49.4 Å². The average Bonchev–Trinajstić information content (AvgIpc) is 2.98.